The van der Waals surface area contributed by atoms with Gasteiger partial charge in [-0.2, -0.15) is 0 Å². The van der Waals surface area contributed by atoms with Crippen molar-refractivity contribution in [3.05, 3.63) is 34.3 Å². The van der Waals surface area contributed by atoms with E-state index >= 15 is 0 Å². The Kier molecular flexibility index (Phi) is 3.60. The summed E-state index contributed by atoms with van der Waals surface area (Å²) in [6, 6.07) is 9.03. The molecular weight excluding hydrogens is 306 g/mol. The number of benzene rings is 1. The third kappa shape index (κ3) is 2.55. The Bertz CT molecular complexity index is 493. The van der Waals surface area contributed by atoms with Gasteiger partial charge in [-0.1, -0.05) is 34.1 Å². The second-order valence-corrected chi connectivity index (χ2v) is 6.19. The van der Waals surface area contributed by atoms with Crippen molar-refractivity contribution in [1.29, 1.82) is 0 Å². The van der Waals surface area contributed by atoms with Gasteiger partial charge in [-0.05, 0) is 11.6 Å². The van der Waals surface area contributed by atoms with E-state index in [-0.39, 0.29) is 5.91 Å². The molecule has 2 saturated heterocycles. The van der Waals surface area contributed by atoms with Crippen LogP contribution in [0.2, 0.25) is 0 Å². The van der Waals surface area contributed by atoms with Gasteiger partial charge in [-0.15, -0.1) is 0 Å². The molecule has 1 N–H and O–H groups in total. The van der Waals surface area contributed by atoms with Gasteiger partial charge in [0.25, 0.3) is 0 Å². The predicted molar refractivity (Wildman–Crippen MR) is 77.9 cm³/mol. The molecule has 1 amide bonds. The van der Waals surface area contributed by atoms with E-state index in [0.29, 0.717) is 18.6 Å². The summed E-state index contributed by atoms with van der Waals surface area (Å²) in [5.41, 5.74) is 1.27. The van der Waals surface area contributed by atoms with Crippen LogP contribution in [0.25, 0.3) is 0 Å². The molecule has 1 aromatic rings. The van der Waals surface area contributed by atoms with Gasteiger partial charge in [0.1, 0.15) is 0 Å². The Morgan fingerprint density at radius 2 is 2.11 bits per heavy atom. The molecule has 0 spiro atoms. The normalized spacial score (nSPS) is 28.3. The number of piperazine rings is 2. The van der Waals surface area contributed by atoms with Gasteiger partial charge in [0.05, 0.1) is 6.54 Å². The standard InChI is InChI=1S/C14H18BrN3O/c1-17-7-10-6-16-13(8-18(10)9-14(17)19)11-4-2-3-5-12(11)15/h2-5,10,13,16H,6-9H2,1H3. The van der Waals surface area contributed by atoms with Gasteiger partial charge < -0.3 is 10.2 Å². The first kappa shape index (κ1) is 13.1. The molecule has 1 aromatic carbocycles. The fourth-order valence-corrected chi connectivity index (χ4v) is 3.47. The topological polar surface area (TPSA) is 35.6 Å². The molecule has 0 aromatic heterocycles. The third-order valence-electron chi connectivity index (χ3n) is 4.06. The molecule has 5 heteroatoms. The van der Waals surface area contributed by atoms with E-state index in [4.69, 9.17) is 0 Å². The van der Waals surface area contributed by atoms with Crippen molar-refractivity contribution >= 4 is 21.8 Å². The zero-order chi connectivity index (χ0) is 13.4. The first-order valence-electron chi connectivity index (χ1n) is 6.61. The molecule has 3 rings (SSSR count). The zero-order valence-electron chi connectivity index (χ0n) is 11.0. The van der Waals surface area contributed by atoms with Crippen LogP contribution in [0, 0.1) is 0 Å². The lowest BCUT2D eigenvalue weighted by molar-refractivity contribution is -0.137. The quantitative estimate of drug-likeness (QED) is 0.844. The highest BCUT2D eigenvalue weighted by Gasteiger charge is 2.35. The maximum atomic E-state index is 11.8. The van der Waals surface area contributed by atoms with Gasteiger partial charge in [0, 0.05) is 43.2 Å². The molecule has 2 unspecified atom stereocenters. The third-order valence-corrected chi connectivity index (χ3v) is 4.78. The summed E-state index contributed by atoms with van der Waals surface area (Å²) in [5.74, 6) is 0.226. The van der Waals surface area contributed by atoms with Crippen LogP contribution in [0.15, 0.2) is 28.7 Å². The minimum absolute atomic E-state index is 0.226. The van der Waals surface area contributed by atoms with Crippen molar-refractivity contribution in [1.82, 2.24) is 15.1 Å². The van der Waals surface area contributed by atoms with Crippen molar-refractivity contribution in [3.8, 4) is 0 Å². The number of fused-ring (bicyclic) bond motifs is 1. The Balaban J connectivity index is 1.76. The van der Waals surface area contributed by atoms with Crippen molar-refractivity contribution in [2.24, 2.45) is 0 Å². The Hall–Kier alpha value is -0.910. The number of carbonyl (C=O) groups is 1. The molecule has 0 radical (unpaired) electrons. The zero-order valence-corrected chi connectivity index (χ0v) is 12.6. The lowest BCUT2D eigenvalue weighted by atomic mass is 10.00. The highest BCUT2D eigenvalue weighted by Crippen LogP contribution is 2.27. The van der Waals surface area contributed by atoms with E-state index < -0.39 is 0 Å². The van der Waals surface area contributed by atoms with Crippen LogP contribution in [-0.4, -0.2) is 55.0 Å². The Morgan fingerprint density at radius 3 is 2.89 bits per heavy atom. The predicted octanol–water partition coefficient (Wildman–Crippen LogP) is 1.24. The van der Waals surface area contributed by atoms with Crippen molar-refractivity contribution in [2.75, 3.05) is 33.2 Å². The number of nitrogens with zero attached hydrogens (tertiary/aromatic N) is 2. The van der Waals surface area contributed by atoms with Gasteiger partial charge in [0.15, 0.2) is 0 Å². The fraction of sp³-hybridized carbons (Fsp3) is 0.500. The van der Waals surface area contributed by atoms with E-state index in [1.54, 1.807) is 0 Å². The van der Waals surface area contributed by atoms with Crippen LogP contribution >= 0.6 is 15.9 Å². The Morgan fingerprint density at radius 1 is 1.32 bits per heavy atom. The maximum absolute atomic E-state index is 11.8. The van der Waals surface area contributed by atoms with Gasteiger partial charge in [-0.3, -0.25) is 9.69 Å². The SMILES string of the molecule is CN1CC2CNC(c3ccccc3Br)CN2CC1=O. The highest BCUT2D eigenvalue weighted by atomic mass is 79.9. The number of amides is 1. The van der Waals surface area contributed by atoms with Crippen LogP contribution < -0.4 is 5.32 Å². The number of nitrogens with one attached hydrogen (secondary N) is 1. The second-order valence-electron chi connectivity index (χ2n) is 5.34. The second kappa shape index (κ2) is 5.23. The van der Waals surface area contributed by atoms with E-state index in [1.165, 1.54) is 5.56 Å². The molecule has 2 heterocycles. The number of halogens is 1. The number of likely N-dealkylation sites (N-methyl/N-ethyl adjacent to an activating group) is 1. The lowest BCUT2D eigenvalue weighted by Gasteiger charge is -2.45. The highest BCUT2D eigenvalue weighted by molar-refractivity contribution is 9.10. The van der Waals surface area contributed by atoms with Gasteiger partial charge in [0.2, 0.25) is 5.91 Å². The maximum Gasteiger partial charge on any atom is 0.236 e. The first-order chi connectivity index (χ1) is 9.15. The fourth-order valence-electron chi connectivity index (χ4n) is 2.91. The number of hydrogen-bond donors (Lipinski definition) is 1. The molecule has 0 saturated carbocycles. The minimum Gasteiger partial charge on any atom is -0.343 e. The van der Waals surface area contributed by atoms with Crippen LogP contribution in [0.4, 0.5) is 0 Å². The summed E-state index contributed by atoms with van der Waals surface area (Å²) in [4.78, 5) is 16.0. The molecule has 0 aliphatic carbocycles. The molecule has 19 heavy (non-hydrogen) atoms. The average Bonchev–Trinajstić information content (AvgIpc) is 2.40. The molecule has 102 valence electrons. The van der Waals surface area contributed by atoms with Crippen LogP contribution in [0.3, 0.4) is 0 Å². The van der Waals surface area contributed by atoms with Crippen molar-refractivity contribution < 1.29 is 4.79 Å². The molecule has 0 bridgehead atoms. The summed E-state index contributed by atoms with van der Waals surface area (Å²) < 4.78 is 1.13. The van der Waals surface area contributed by atoms with Crippen LogP contribution in [0.5, 0.6) is 0 Å². The molecule has 2 aliphatic heterocycles. The van der Waals surface area contributed by atoms with Crippen LogP contribution in [0.1, 0.15) is 11.6 Å². The largest absolute Gasteiger partial charge is 0.343 e. The summed E-state index contributed by atoms with van der Waals surface area (Å²) in [6.45, 7) is 3.20. The van der Waals surface area contributed by atoms with Gasteiger partial charge >= 0.3 is 0 Å². The molecule has 2 fully saturated rings. The first-order valence-corrected chi connectivity index (χ1v) is 7.40. The van der Waals surface area contributed by atoms with Crippen LogP contribution in [-0.2, 0) is 4.79 Å². The molecule has 2 aliphatic rings. The monoisotopic (exact) mass is 323 g/mol. The smallest absolute Gasteiger partial charge is 0.236 e. The van der Waals surface area contributed by atoms with E-state index in [2.05, 4.69) is 44.3 Å². The van der Waals surface area contributed by atoms with E-state index in [9.17, 15) is 4.79 Å². The summed E-state index contributed by atoms with van der Waals surface area (Å²) >= 11 is 3.61. The van der Waals surface area contributed by atoms with E-state index in [1.807, 2.05) is 18.0 Å². The molecule has 2 atom stereocenters. The molecular formula is C14H18BrN3O. The van der Waals surface area contributed by atoms with Crippen molar-refractivity contribution in [2.45, 2.75) is 12.1 Å². The summed E-state index contributed by atoms with van der Waals surface area (Å²) in [6.07, 6.45) is 0. The summed E-state index contributed by atoms with van der Waals surface area (Å²) in [7, 11) is 1.89. The number of carbonyl (C=O) groups excluding carboxylic acids is 1. The van der Waals surface area contributed by atoms with E-state index in [0.717, 1.165) is 24.1 Å². The lowest BCUT2D eigenvalue weighted by Crippen LogP contribution is -2.62. The number of hydrogen-bond acceptors (Lipinski definition) is 3. The van der Waals surface area contributed by atoms with Crippen molar-refractivity contribution in [3.63, 3.8) is 0 Å². The minimum atomic E-state index is 0.226. The summed E-state index contributed by atoms with van der Waals surface area (Å²) in [5, 5.41) is 3.60. The number of rotatable bonds is 1. The molecule has 4 nitrogen and oxygen atoms in total. The Labute approximate surface area is 121 Å². The average molecular weight is 324 g/mol. The van der Waals surface area contributed by atoms with Gasteiger partial charge in [-0.25, -0.2) is 0 Å².